The number of hydrogen-bond acceptors (Lipinski definition) is 8. The van der Waals surface area contributed by atoms with E-state index in [1.165, 1.54) is 21.5 Å². The summed E-state index contributed by atoms with van der Waals surface area (Å²) < 4.78 is 39.6. The minimum absolute atomic E-state index is 0. The maximum absolute atomic E-state index is 12.9. The number of nitrogens with one attached hydrogen (secondary N) is 2. The lowest BCUT2D eigenvalue weighted by molar-refractivity contribution is 0.0979. The van der Waals surface area contributed by atoms with Crippen LogP contribution in [0.4, 0.5) is 11.4 Å². The van der Waals surface area contributed by atoms with Crippen LogP contribution in [0.15, 0.2) is 83.1 Å². The van der Waals surface area contributed by atoms with E-state index < -0.39 is 10.0 Å². The summed E-state index contributed by atoms with van der Waals surface area (Å²) in [6.45, 7) is 2.96. The molecule has 2 aliphatic heterocycles. The SMILES string of the molecule is CNc1ccc2c(c1)OC(CO)CC2.C[C@H](NCC1CCc2ccc(N(C)S(=O)(=O)c3ccc(Cl)s3)cc2O1)c1ccccc1.Cl. The van der Waals surface area contributed by atoms with Gasteiger partial charge < -0.3 is 25.2 Å². The molecule has 0 radical (unpaired) electrons. The van der Waals surface area contributed by atoms with Crippen molar-refractivity contribution in [1.82, 2.24) is 5.32 Å². The largest absolute Gasteiger partial charge is 0.489 e. The smallest absolute Gasteiger partial charge is 0.273 e. The molecule has 248 valence electrons. The standard InChI is InChI=1S/C23H25ClN2O3S2.C11H15NO2.ClH/c1-16(17-6-4-3-5-7-17)25-15-20-11-9-18-8-10-19(14-21(18)29-20)26(2)31(27,28)23-13-12-22(24)30-23;1-12-9-4-2-8-3-5-10(7-13)14-11(8)6-9;/h3-8,10,12-14,16,20,25H,9,11,15H2,1-2H3;2,4,6,10,12-13H,3,5,7H2,1H3;1H/t16-,20?;;/m0../s1. The van der Waals surface area contributed by atoms with Gasteiger partial charge in [-0.15, -0.1) is 23.7 Å². The molecule has 12 heteroatoms. The summed E-state index contributed by atoms with van der Waals surface area (Å²) in [5.74, 6) is 1.65. The third kappa shape index (κ3) is 8.67. The molecule has 1 aromatic heterocycles. The molecule has 4 aromatic rings. The second-order valence-electron chi connectivity index (χ2n) is 11.2. The minimum atomic E-state index is -3.66. The maximum atomic E-state index is 12.9. The van der Waals surface area contributed by atoms with Crippen LogP contribution in [-0.2, 0) is 22.9 Å². The number of sulfonamides is 1. The zero-order chi connectivity index (χ0) is 32.0. The van der Waals surface area contributed by atoms with E-state index in [0.29, 0.717) is 10.0 Å². The van der Waals surface area contributed by atoms with E-state index in [4.69, 9.17) is 26.2 Å². The third-order valence-electron chi connectivity index (χ3n) is 8.15. The van der Waals surface area contributed by atoms with Crippen molar-refractivity contribution < 1.29 is 23.0 Å². The van der Waals surface area contributed by atoms with Crippen molar-refractivity contribution in [2.24, 2.45) is 0 Å². The average Bonchev–Trinajstić information content (AvgIpc) is 3.53. The van der Waals surface area contributed by atoms with Gasteiger partial charge in [0.1, 0.15) is 27.9 Å². The number of halogens is 2. The van der Waals surface area contributed by atoms with Crippen molar-refractivity contribution in [2.45, 2.75) is 55.1 Å². The molecular weight excluding hydrogens is 665 g/mol. The second kappa shape index (κ2) is 16.2. The molecule has 0 bridgehead atoms. The highest BCUT2D eigenvalue weighted by molar-refractivity contribution is 7.94. The summed E-state index contributed by atoms with van der Waals surface area (Å²) in [4.78, 5) is 0. The number of hydrogen-bond donors (Lipinski definition) is 3. The van der Waals surface area contributed by atoms with Crippen molar-refractivity contribution in [3.05, 3.63) is 99.9 Å². The lowest BCUT2D eigenvalue weighted by Gasteiger charge is -2.29. The number of benzene rings is 3. The van der Waals surface area contributed by atoms with Crippen LogP contribution >= 0.6 is 35.3 Å². The van der Waals surface area contributed by atoms with E-state index in [2.05, 4.69) is 35.8 Å². The molecule has 0 saturated carbocycles. The average molecular weight is 707 g/mol. The number of aliphatic hydroxyl groups excluding tert-OH is 1. The summed E-state index contributed by atoms with van der Waals surface area (Å²) in [7, 11) is -0.231. The van der Waals surface area contributed by atoms with Gasteiger partial charge in [0.2, 0.25) is 0 Å². The molecule has 8 nitrogen and oxygen atoms in total. The number of rotatable bonds is 9. The molecule has 0 fully saturated rings. The summed E-state index contributed by atoms with van der Waals surface area (Å²) in [5, 5.41) is 15.6. The molecule has 3 heterocycles. The van der Waals surface area contributed by atoms with Crippen molar-refractivity contribution in [1.29, 1.82) is 0 Å². The lowest BCUT2D eigenvalue weighted by atomic mass is 10.0. The number of nitrogens with zero attached hydrogens (tertiary/aromatic N) is 1. The Bertz CT molecular complexity index is 1690. The maximum Gasteiger partial charge on any atom is 0.273 e. The van der Waals surface area contributed by atoms with E-state index >= 15 is 0 Å². The van der Waals surface area contributed by atoms with E-state index in [0.717, 1.165) is 66.3 Å². The fourth-order valence-corrected chi connectivity index (χ4v) is 8.18. The second-order valence-corrected chi connectivity index (χ2v) is 15.1. The zero-order valence-electron chi connectivity index (χ0n) is 26.1. The number of ether oxygens (including phenoxy) is 2. The first kappa shape index (κ1) is 35.9. The number of aryl methyl sites for hydroxylation is 2. The number of anilines is 2. The van der Waals surface area contributed by atoms with Crippen LogP contribution in [0.1, 0.15) is 42.5 Å². The van der Waals surface area contributed by atoms with E-state index in [9.17, 15) is 8.42 Å². The summed E-state index contributed by atoms with van der Waals surface area (Å²) in [6, 6.07) is 25.4. The molecule has 2 unspecified atom stereocenters. The predicted molar refractivity (Wildman–Crippen MR) is 190 cm³/mol. The highest BCUT2D eigenvalue weighted by Crippen LogP contribution is 2.35. The molecule has 2 aliphatic rings. The van der Waals surface area contributed by atoms with Gasteiger partial charge in [-0.05, 0) is 73.6 Å². The van der Waals surface area contributed by atoms with Gasteiger partial charge in [-0.25, -0.2) is 8.42 Å². The fourth-order valence-electron chi connectivity index (χ4n) is 5.34. The third-order valence-corrected chi connectivity index (χ3v) is 11.6. The van der Waals surface area contributed by atoms with Crippen LogP contribution in [0.5, 0.6) is 11.5 Å². The molecule has 0 saturated heterocycles. The Labute approximate surface area is 287 Å². The molecule has 3 atom stereocenters. The fraction of sp³-hybridized carbons (Fsp3) is 0.353. The van der Waals surface area contributed by atoms with Gasteiger partial charge in [-0.1, -0.05) is 54.1 Å². The molecule has 6 rings (SSSR count). The quantitative estimate of drug-likeness (QED) is 0.171. The summed E-state index contributed by atoms with van der Waals surface area (Å²) in [6.07, 6.45) is 3.72. The first-order valence-electron chi connectivity index (χ1n) is 15.1. The first-order valence-corrected chi connectivity index (χ1v) is 17.7. The zero-order valence-corrected chi connectivity index (χ0v) is 29.3. The van der Waals surface area contributed by atoms with Crippen LogP contribution in [0, 0.1) is 0 Å². The normalized spacial score (nSPS) is 17.4. The van der Waals surface area contributed by atoms with Gasteiger partial charge in [0.25, 0.3) is 10.0 Å². The highest BCUT2D eigenvalue weighted by Gasteiger charge is 2.26. The van der Waals surface area contributed by atoms with Gasteiger partial charge in [0.15, 0.2) is 0 Å². The number of thiophene rings is 1. The Balaban J connectivity index is 0.000000268. The minimum Gasteiger partial charge on any atom is -0.489 e. The summed E-state index contributed by atoms with van der Waals surface area (Å²) >= 11 is 6.98. The van der Waals surface area contributed by atoms with Crippen LogP contribution in [0.2, 0.25) is 4.34 Å². The van der Waals surface area contributed by atoms with Gasteiger partial charge >= 0.3 is 0 Å². The van der Waals surface area contributed by atoms with E-state index in [-0.39, 0.29) is 41.5 Å². The molecule has 3 aromatic carbocycles. The summed E-state index contributed by atoms with van der Waals surface area (Å²) in [5.41, 5.74) is 5.17. The van der Waals surface area contributed by atoms with Gasteiger partial charge in [0, 0.05) is 44.5 Å². The Morgan fingerprint density at radius 2 is 1.61 bits per heavy atom. The van der Waals surface area contributed by atoms with Crippen molar-refractivity contribution in [2.75, 3.05) is 36.9 Å². The number of fused-ring (bicyclic) bond motifs is 2. The molecule has 0 spiro atoms. The first-order chi connectivity index (χ1) is 21.7. The van der Waals surface area contributed by atoms with Gasteiger partial charge in [-0.2, -0.15) is 0 Å². The predicted octanol–water partition coefficient (Wildman–Crippen LogP) is 7.11. The van der Waals surface area contributed by atoms with Crippen molar-refractivity contribution in [3.63, 3.8) is 0 Å². The van der Waals surface area contributed by atoms with Gasteiger partial charge in [0.05, 0.1) is 16.6 Å². The molecule has 0 aliphatic carbocycles. The van der Waals surface area contributed by atoms with Crippen molar-refractivity contribution >= 4 is 56.7 Å². The molecule has 46 heavy (non-hydrogen) atoms. The van der Waals surface area contributed by atoms with Crippen LogP contribution in [0.3, 0.4) is 0 Å². The van der Waals surface area contributed by atoms with Crippen LogP contribution in [0.25, 0.3) is 0 Å². The number of aliphatic hydroxyl groups is 1. The highest BCUT2D eigenvalue weighted by atomic mass is 35.5. The Kier molecular flexibility index (Phi) is 12.6. The van der Waals surface area contributed by atoms with Crippen molar-refractivity contribution in [3.8, 4) is 11.5 Å². The monoisotopic (exact) mass is 705 g/mol. The lowest BCUT2D eigenvalue weighted by Crippen LogP contribution is -2.35. The Morgan fingerprint density at radius 1 is 0.957 bits per heavy atom. The van der Waals surface area contributed by atoms with E-state index in [1.54, 1.807) is 13.1 Å². The van der Waals surface area contributed by atoms with Gasteiger partial charge in [-0.3, -0.25) is 4.31 Å². The molecular formula is C34H41Cl2N3O5S2. The molecule has 3 N–H and O–H groups in total. The Hall–Kier alpha value is -2.99. The topological polar surface area (TPSA) is 100 Å². The van der Waals surface area contributed by atoms with Crippen LogP contribution in [-0.4, -0.2) is 53.0 Å². The molecule has 0 amide bonds. The van der Waals surface area contributed by atoms with E-state index in [1.807, 2.05) is 55.6 Å². The van der Waals surface area contributed by atoms with Crippen LogP contribution < -0.4 is 24.4 Å². The Morgan fingerprint density at radius 3 is 2.26 bits per heavy atom.